The normalized spacial score (nSPS) is 11.2. The van der Waals surface area contributed by atoms with Crippen LogP contribution in [0.15, 0.2) is 60.8 Å². The predicted molar refractivity (Wildman–Crippen MR) is 106 cm³/mol. The van der Waals surface area contributed by atoms with Crippen LogP contribution in [-0.2, 0) is 4.79 Å². The highest BCUT2D eigenvalue weighted by Gasteiger charge is 2.24. The molecule has 0 bridgehead atoms. The number of hydrogen-bond donors (Lipinski definition) is 0. The van der Waals surface area contributed by atoms with E-state index in [1.807, 2.05) is 47.9 Å². The van der Waals surface area contributed by atoms with Gasteiger partial charge in [-0.3, -0.25) is 14.1 Å². The van der Waals surface area contributed by atoms with Crippen molar-refractivity contribution in [3.8, 4) is 11.3 Å². The Balaban J connectivity index is 2.11. The van der Waals surface area contributed by atoms with Gasteiger partial charge in [-0.05, 0) is 30.0 Å². The molecule has 0 radical (unpaired) electrons. The van der Waals surface area contributed by atoms with Crippen LogP contribution in [0.1, 0.15) is 20.3 Å². The number of imidazole rings is 1. The van der Waals surface area contributed by atoms with Gasteiger partial charge in [0.25, 0.3) is 0 Å². The van der Waals surface area contributed by atoms with E-state index in [9.17, 15) is 9.18 Å². The molecule has 1 amide bonds. The first-order chi connectivity index (χ1) is 13.1. The smallest absolute Gasteiger partial charge is 0.225 e. The van der Waals surface area contributed by atoms with Crippen LogP contribution in [0.4, 0.5) is 10.2 Å². The lowest BCUT2D eigenvalue weighted by molar-refractivity contribution is -0.116. The minimum Gasteiger partial charge on any atom is -0.296 e. The zero-order valence-corrected chi connectivity index (χ0v) is 15.3. The maximum absolute atomic E-state index is 14.6. The molecule has 0 saturated carbocycles. The summed E-state index contributed by atoms with van der Waals surface area (Å²) in [6.07, 6.45) is 2.69. The first kappa shape index (κ1) is 17.2. The summed E-state index contributed by atoms with van der Waals surface area (Å²) in [5.41, 5.74) is 1.58. The summed E-state index contributed by atoms with van der Waals surface area (Å²) in [7, 11) is 0. The molecule has 0 saturated heterocycles. The molecule has 0 aliphatic rings. The van der Waals surface area contributed by atoms with Crippen LogP contribution in [0.2, 0.25) is 0 Å². The Hall–Kier alpha value is -3.21. The molecule has 2 aromatic carbocycles. The molecule has 4 rings (SSSR count). The van der Waals surface area contributed by atoms with E-state index in [4.69, 9.17) is 4.98 Å². The number of benzene rings is 2. The number of pyridine rings is 1. The van der Waals surface area contributed by atoms with E-state index in [2.05, 4.69) is 0 Å². The third-order valence-electron chi connectivity index (χ3n) is 4.70. The summed E-state index contributed by atoms with van der Waals surface area (Å²) >= 11 is 0. The summed E-state index contributed by atoms with van der Waals surface area (Å²) in [6, 6.07) is 16.5. The summed E-state index contributed by atoms with van der Waals surface area (Å²) in [5.74, 6) is 0.158. The van der Waals surface area contributed by atoms with E-state index in [-0.39, 0.29) is 11.7 Å². The lowest BCUT2D eigenvalue weighted by Crippen LogP contribution is -2.30. The maximum Gasteiger partial charge on any atom is 0.225 e. The van der Waals surface area contributed by atoms with Crippen molar-refractivity contribution in [1.82, 2.24) is 9.38 Å². The average molecular weight is 361 g/mol. The number of hydrogen-bond acceptors (Lipinski definition) is 2. The largest absolute Gasteiger partial charge is 0.296 e. The Morgan fingerprint density at radius 1 is 1.11 bits per heavy atom. The molecular formula is C22H20FN3O. The van der Waals surface area contributed by atoms with Gasteiger partial charge in [0.2, 0.25) is 5.91 Å². The van der Waals surface area contributed by atoms with Crippen LogP contribution in [-0.4, -0.2) is 21.8 Å². The first-order valence-corrected chi connectivity index (χ1v) is 9.04. The quantitative estimate of drug-likeness (QED) is 0.510. The molecule has 0 atom stereocenters. The van der Waals surface area contributed by atoms with E-state index >= 15 is 0 Å². The molecule has 5 heteroatoms. The van der Waals surface area contributed by atoms with Crippen molar-refractivity contribution >= 4 is 28.1 Å². The van der Waals surface area contributed by atoms with E-state index in [0.29, 0.717) is 29.3 Å². The molecule has 136 valence electrons. The molecule has 0 fully saturated rings. The van der Waals surface area contributed by atoms with Crippen molar-refractivity contribution in [3.63, 3.8) is 0 Å². The van der Waals surface area contributed by atoms with Crippen LogP contribution < -0.4 is 4.90 Å². The van der Waals surface area contributed by atoms with Gasteiger partial charge in [-0.25, -0.2) is 9.37 Å². The zero-order chi connectivity index (χ0) is 19.0. The van der Waals surface area contributed by atoms with Crippen molar-refractivity contribution in [2.24, 2.45) is 0 Å². The predicted octanol–water partition coefficient (Wildman–Crippen LogP) is 5.06. The zero-order valence-electron chi connectivity index (χ0n) is 15.3. The Kier molecular flexibility index (Phi) is 4.36. The molecule has 0 unspecified atom stereocenters. The van der Waals surface area contributed by atoms with E-state index in [0.717, 1.165) is 17.2 Å². The summed E-state index contributed by atoms with van der Waals surface area (Å²) in [6.45, 7) is 4.08. The number of aromatic nitrogens is 2. The van der Waals surface area contributed by atoms with E-state index in [1.165, 1.54) is 13.0 Å². The topological polar surface area (TPSA) is 37.6 Å². The number of anilines is 1. The van der Waals surface area contributed by atoms with Gasteiger partial charge in [0.1, 0.15) is 23.0 Å². The number of rotatable bonds is 4. The van der Waals surface area contributed by atoms with Crippen LogP contribution in [0.5, 0.6) is 0 Å². The molecular weight excluding hydrogens is 341 g/mol. The van der Waals surface area contributed by atoms with Gasteiger partial charge in [-0.1, -0.05) is 43.3 Å². The molecule has 0 aliphatic heterocycles. The maximum atomic E-state index is 14.6. The van der Waals surface area contributed by atoms with E-state index in [1.54, 1.807) is 23.1 Å². The number of carbonyl (C=O) groups is 1. The number of amides is 1. The third-order valence-corrected chi connectivity index (χ3v) is 4.70. The summed E-state index contributed by atoms with van der Waals surface area (Å²) in [5, 5.41) is 2.01. The third kappa shape index (κ3) is 2.85. The number of halogens is 1. The minimum atomic E-state index is -0.355. The summed E-state index contributed by atoms with van der Waals surface area (Å²) in [4.78, 5) is 18.9. The lowest BCUT2D eigenvalue weighted by Gasteiger charge is -2.21. The van der Waals surface area contributed by atoms with Crippen LogP contribution in [0.3, 0.4) is 0 Å². The van der Waals surface area contributed by atoms with Gasteiger partial charge >= 0.3 is 0 Å². The second-order valence-electron chi connectivity index (χ2n) is 6.53. The van der Waals surface area contributed by atoms with E-state index < -0.39 is 0 Å². The SMILES string of the molecule is CCCN(C(C)=O)c1c(-c2ccccc2F)nc2c3ccccc3ccn12. The molecule has 2 heterocycles. The lowest BCUT2D eigenvalue weighted by atomic mass is 10.1. The van der Waals surface area contributed by atoms with Gasteiger partial charge in [0.15, 0.2) is 0 Å². The number of carbonyl (C=O) groups excluding carboxylic acids is 1. The second-order valence-corrected chi connectivity index (χ2v) is 6.53. The molecule has 27 heavy (non-hydrogen) atoms. The standard InChI is InChI=1S/C22H20FN3O/c1-3-13-25(15(2)27)22-20(18-10-6-7-11-19(18)23)24-21-17-9-5-4-8-16(17)12-14-26(21)22/h4-12,14H,3,13H2,1-2H3. The van der Waals surface area contributed by atoms with Gasteiger partial charge in [0, 0.05) is 30.6 Å². The number of nitrogens with zero attached hydrogens (tertiary/aromatic N) is 3. The Morgan fingerprint density at radius 2 is 1.85 bits per heavy atom. The summed E-state index contributed by atoms with van der Waals surface area (Å²) < 4.78 is 16.5. The van der Waals surface area contributed by atoms with Gasteiger partial charge in [0.05, 0.1) is 0 Å². The Morgan fingerprint density at radius 3 is 2.59 bits per heavy atom. The molecule has 0 aliphatic carbocycles. The molecule has 4 aromatic rings. The fourth-order valence-corrected chi connectivity index (χ4v) is 3.48. The molecule has 0 N–H and O–H groups in total. The molecule has 2 aromatic heterocycles. The molecule has 0 spiro atoms. The minimum absolute atomic E-state index is 0.0932. The molecule has 4 nitrogen and oxygen atoms in total. The van der Waals surface area contributed by atoms with Crippen molar-refractivity contribution in [3.05, 3.63) is 66.6 Å². The van der Waals surface area contributed by atoms with Gasteiger partial charge in [-0.2, -0.15) is 0 Å². The van der Waals surface area contributed by atoms with Crippen LogP contribution >= 0.6 is 0 Å². The average Bonchev–Trinajstić information content (AvgIpc) is 3.05. The van der Waals surface area contributed by atoms with Crippen LogP contribution in [0, 0.1) is 5.82 Å². The monoisotopic (exact) mass is 361 g/mol. The van der Waals surface area contributed by atoms with Crippen LogP contribution in [0.25, 0.3) is 27.7 Å². The Bertz CT molecular complexity index is 1150. The highest BCUT2D eigenvalue weighted by Crippen LogP contribution is 2.35. The Labute approximate surface area is 156 Å². The fourth-order valence-electron chi connectivity index (χ4n) is 3.48. The number of fused-ring (bicyclic) bond motifs is 3. The highest BCUT2D eigenvalue weighted by atomic mass is 19.1. The van der Waals surface area contributed by atoms with Crippen molar-refractivity contribution in [2.75, 3.05) is 11.4 Å². The van der Waals surface area contributed by atoms with Crippen molar-refractivity contribution < 1.29 is 9.18 Å². The van der Waals surface area contributed by atoms with Gasteiger partial charge in [-0.15, -0.1) is 0 Å². The van der Waals surface area contributed by atoms with Crippen molar-refractivity contribution in [2.45, 2.75) is 20.3 Å². The fraction of sp³-hybridized carbons (Fsp3) is 0.182. The van der Waals surface area contributed by atoms with Crippen molar-refractivity contribution in [1.29, 1.82) is 0 Å². The first-order valence-electron chi connectivity index (χ1n) is 9.04. The highest BCUT2D eigenvalue weighted by molar-refractivity contribution is 6.00. The van der Waals surface area contributed by atoms with Gasteiger partial charge < -0.3 is 0 Å². The second kappa shape index (κ2) is 6.83.